The fraction of sp³-hybridized carbons (Fsp3) is 0.208. The van der Waals surface area contributed by atoms with E-state index in [9.17, 15) is 9.59 Å². The van der Waals surface area contributed by atoms with Gasteiger partial charge < -0.3 is 10.6 Å². The van der Waals surface area contributed by atoms with Crippen LogP contribution in [0.15, 0.2) is 60.9 Å². The summed E-state index contributed by atoms with van der Waals surface area (Å²) in [4.78, 5) is 29.4. The van der Waals surface area contributed by atoms with Gasteiger partial charge in [0.1, 0.15) is 0 Å². The molecule has 0 bridgehead atoms. The fourth-order valence-corrected chi connectivity index (χ4v) is 3.10. The molecule has 0 radical (unpaired) electrons. The maximum absolute atomic E-state index is 12.8. The Morgan fingerprint density at radius 1 is 0.862 bits per heavy atom. The molecule has 0 spiro atoms. The van der Waals surface area contributed by atoms with Gasteiger partial charge in [-0.15, -0.1) is 0 Å². The van der Waals surface area contributed by atoms with Crippen LogP contribution in [0.2, 0.25) is 0 Å². The Kier molecular flexibility index (Phi) is 6.39. The Bertz CT molecular complexity index is 1030. The largest absolute Gasteiger partial charge is 0.322 e. The number of hydrogen-bond acceptors (Lipinski definition) is 3. The molecule has 0 saturated heterocycles. The zero-order valence-corrected chi connectivity index (χ0v) is 17.0. The summed E-state index contributed by atoms with van der Waals surface area (Å²) in [5, 5.41) is 5.81. The second-order valence-corrected chi connectivity index (χ2v) is 6.88. The number of nitrogens with zero attached hydrogens (tertiary/aromatic N) is 1. The Balaban J connectivity index is 1.76. The van der Waals surface area contributed by atoms with Crippen LogP contribution in [0.1, 0.15) is 51.3 Å². The molecule has 1 heterocycles. The molecule has 3 rings (SSSR count). The van der Waals surface area contributed by atoms with Crippen molar-refractivity contribution in [2.75, 3.05) is 10.6 Å². The predicted molar refractivity (Wildman–Crippen MR) is 117 cm³/mol. The van der Waals surface area contributed by atoms with Crippen LogP contribution in [0, 0.1) is 6.92 Å². The average Bonchev–Trinajstić information content (AvgIpc) is 2.75. The number of anilines is 2. The number of carbonyl (C=O) groups is 2. The summed E-state index contributed by atoms with van der Waals surface area (Å²) in [5.41, 5.74) is 5.44. The minimum absolute atomic E-state index is 0.288. The number of benzene rings is 2. The lowest BCUT2D eigenvalue weighted by molar-refractivity contribution is 0.102. The maximum atomic E-state index is 12.8. The number of nitrogens with one attached hydrogen (secondary N) is 2. The molecule has 0 saturated carbocycles. The third-order valence-electron chi connectivity index (χ3n) is 4.86. The van der Waals surface area contributed by atoms with E-state index >= 15 is 0 Å². The molecule has 0 fully saturated rings. The molecule has 5 nitrogen and oxygen atoms in total. The van der Waals surface area contributed by atoms with E-state index in [4.69, 9.17) is 0 Å². The van der Waals surface area contributed by atoms with E-state index < -0.39 is 0 Å². The molecule has 0 aliphatic heterocycles. The number of aryl methyl sites for hydroxylation is 3. The van der Waals surface area contributed by atoms with E-state index in [0.29, 0.717) is 16.8 Å². The smallest absolute Gasteiger partial charge is 0.257 e. The molecule has 0 atom stereocenters. The molecule has 29 heavy (non-hydrogen) atoms. The van der Waals surface area contributed by atoms with E-state index in [0.717, 1.165) is 29.7 Å². The highest BCUT2D eigenvalue weighted by Crippen LogP contribution is 2.22. The first-order chi connectivity index (χ1) is 14.0. The Morgan fingerprint density at radius 3 is 2.14 bits per heavy atom. The summed E-state index contributed by atoms with van der Waals surface area (Å²) in [5.74, 6) is -0.593. The third kappa shape index (κ3) is 4.88. The van der Waals surface area contributed by atoms with Gasteiger partial charge in [0.2, 0.25) is 0 Å². The molecular weight excluding hydrogens is 362 g/mol. The Morgan fingerprint density at radius 2 is 1.52 bits per heavy atom. The van der Waals surface area contributed by atoms with E-state index in [1.807, 2.05) is 56.3 Å². The first-order valence-corrected chi connectivity index (χ1v) is 9.77. The SMILES string of the molecule is CCc1ccc(NC(=O)c2cncc(C(=O)Nc3c(C)cccc3CC)c2)cc1. The van der Waals surface area contributed by atoms with Gasteiger partial charge in [-0.25, -0.2) is 0 Å². The quantitative estimate of drug-likeness (QED) is 0.624. The van der Waals surface area contributed by atoms with Crippen LogP contribution in [0.3, 0.4) is 0 Å². The molecular formula is C24H25N3O2. The zero-order valence-electron chi connectivity index (χ0n) is 17.0. The van der Waals surface area contributed by atoms with E-state index in [2.05, 4.69) is 22.5 Å². The number of rotatable bonds is 6. The van der Waals surface area contributed by atoms with Crippen LogP contribution in [0.5, 0.6) is 0 Å². The molecule has 0 aliphatic rings. The van der Waals surface area contributed by atoms with Crippen molar-refractivity contribution in [2.24, 2.45) is 0 Å². The summed E-state index contributed by atoms with van der Waals surface area (Å²) >= 11 is 0. The Hall–Kier alpha value is -3.47. The van der Waals surface area contributed by atoms with Crippen molar-refractivity contribution < 1.29 is 9.59 Å². The number of carbonyl (C=O) groups excluding carboxylic acids is 2. The van der Waals surface area contributed by atoms with Gasteiger partial charge >= 0.3 is 0 Å². The normalized spacial score (nSPS) is 10.4. The topological polar surface area (TPSA) is 71.1 Å². The van der Waals surface area contributed by atoms with Crippen molar-refractivity contribution in [3.63, 3.8) is 0 Å². The molecule has 5 heteroatoms. The van der Waals surface area contributed by atoms with Gasteiger partial charge in [-0.2, -0.15) is 0 Å². The second kappa shape index (κ2) is 9.15. The first-order valence-electron chi connectivity index (χ1n) is 9.77. The van der Waals surface area contributed by atoms with Gasteiger partial charge in [0.05, 0.1) is 11.1 Å². The minimum Gasteiger partial charge on any atom is -0.322 e. The molecule has 2 amide bonds. The van der Waals surface area contributed by atoms with Crippen LogP contribution in [-0.4, -0.2) is 16.8 Å². The van der Waals surface area contributed by atoms with Crippen molar-refractivity contribution in [3.05, 3.63) is 88.7 Å². The second-order valence-electron chi connectivity index (χ2n) is 6.88. The zero-order chi connectivity index (χ0) is 20.8. The number of amides is 2. The van der Waals surface area contributed by atoms with Gasteiger partial charge in [-0.1, -0.05) is 44.2 Å². The van der Waals surface area contributed by atoms with Gasteiger partial charge in [-0.05, 0) is 54.7 Å². The van der Waals surface area contributed by atoms with Gasteiger partial charge in [0, 0.05) is 23.8 Å². The summed E-state index contributed by atoms with van der Waals surface area (Å²) in [7, 11) is 0. The molecule has 0 aliphatic carbocycles. The average molecular weight is 387 g/mol. The first kappa shape index (κ1) is 20.3. The summed E-state index contributed by atoms with van der Waals surface area (Å²) in [6, 6.07) is 15.2. The van der Waals surface area contributed by atoms with E-state index in [-0.39, 0.29) is 11.8 Å². The Labute approximate surface area is 171 Å². The van der Waals surface area contributed by atoms with Crippen LogP contribution in [-0.2, 0) is 12.8 Å². The van der Waals surface area contributed by atoms with Crippen molar-refractivity contribution >= 4 is 23.2 Å². The predicted octanol–water partition coefficient (Wildman–Crippen LogP) is 5.02. The lowest BCUT2D eigenvalue weighted by Gasteiger charge is -2.13. The highest BCUT2D eigenvalue weighted by Gasteiger charge is 2.14. The van der Waals surface area contributed by atoms with Gasteiger partial charge in [-0.3, -0.25) is 14.6 Å². The summed E-state index contributed by atoms with van der Waals surface area (Å²) < 4.78 is 0. The molecule has 1 aromatic heterocycles. The van der Waals surface area contributed by atoms with Crippen LogP contribution in [0.25, 0.3) is 0 Å². The van der Waals surface area contributed by atoms with Crippen molar-refractivity contribution in [3.8, 4) is 0 Å². The van der Waals surface area contributed by atoms with E-state index in [1.54, 1.807) is 6.07 Å². The van der Waals surface area contributed by atoms with Gasteiger partial charge in [0.15, 0.2) is 0 Å². The van der Waals surface area contributed by atoms with Crippen LogP contribution < -0.4 is 10.6 Å². The van der Waals surface area contributed by atoms with Crippen molar-refractivity contribution in [2.45, 2.75) is 33.6 Å². The standard InChI is InChI=1S/C24H25N3O2/c1-4-17-9-11-21(12-10-17)26-23(28)19-13-20(15-25-14-19)24(29)27-22-16(3)7-6-8-18(22)5-2/h6-15H,4-5H2,1-3H3,(H,26,28)(H,27,29). The summed E-state index contributed by atoms with van der Waals surface area (Å²) in [6.45, 7) is 6.08. The third-order valence-corrected chi connectivity index (χ3v) is 4.86. The summed E-state index contributed by atoms with van der Waals surface area (Å²) in [6.07, 6.45) is 4.68. The number of pyridine rings is 1. The number of para-hydroxylation sites is 1. The number of hydrogen-bond donors (Lipinski definition) is 2. The monoisotopic (exact) mass is 387 g/mol. The fourth-order valence-electron chi connectivity index (χ4n) is 3.10. The van der Waals surface area contributed by atoms with Gasteiger partial charge in [0.25, 0.3) is 11.8 Å². The van der Waals surface area contributed by atoms with Crippen molar-refractivity contribution in [1.29, 1.82) is 0 Å². The highest BCUT2D eigenvalue weighted by atomic mass is 16.2. The minimum atomic E-state index is -0.304. The lowest BCUT2D eigenvalue weighted by atomic mass is 10.1. The molecule has 148 valence electrons. The molecule has 3 aromatic rings. The number of aromatic nitrogens is 1. The molecule has 2 N–H and O–H groups in total. The lowest BCUT2D eigenvalue weighted by Crippen LogP contribution is -2.17. The van der Waals surface area contributed by atoms with Crippen LogP contribution in [0.4, 0.5) is 11.4 Å². The molecule has 0 unspecified atom stereocenters. The molecule has 2 aromatic carbocycles. The van der Waals surface area contributed by atoms with E-state index in [1.165, 1.54) is 18.0 Å². The maximum Gasteiger partial charge on any atom is 0.257 e. The highest BCUT2D eigenvalue weighted by molar-refractivity contribution is 6.08. The van der Waals surface area contributed by atoms with Crippen molar-refractivity contribution in [1.82, 2.24) is 4.98 Å². The van der Waals surface area contributed by atoms with Crippen LogP contribution >= 0.6 is 0 Å².